The van der Waals surface area contributed by atoms with Gasteiger partial charge in [0.1, 0.15) is 6.61 Å². The predicted octanol–water partition coefficient (Wildman–Crippen LogP) is 2.26. The number of morpholine rings is 1. The van der Waals surface area contributed by atoms with E-state index in [1.54, 1.807) is 4.90 Å². The molecule has 2 rings (SSSR count). The van der Waals surface area contributed by atoms with Gasteiger partial charge in [0.25, 0.3) is 5.91 Å². The maximum Gasteiger partial charge on any atom is 0.253 e. The Morgan fingerprint density at radius 3 is 3.00 bits per heavy atom. The van der Waals surface area contributed by atoms with E-state index < -0.39 is 0 Å². The lowest BCUT2D eigenvalue weighted by molar-refractivity contribution is -0.129. The highest BCUT2D eigenvalue weighted by atomic mass is 79.9. The Morgan fingerprint density at radius 2 is 2.32 bits per heavy atom. The van der Waals surface area contributed by atoms with Crippen molar-refractivity contribution in [3.63, 3.8) is 0 Å². The van der Waals surface area contributed by atoms with Crippen LogP contribution in [0.25, 0.3) is 0 Å². The molecule has 1 fully saturated rings. The third kappa shape index (κ3) is 3.55. The number of hydrogen-bond acceptors (Lipinski definition) is 3. The van der Waals surface area contributed by atoms with Crippen LogP contribution in [0.2, 0.25) is 0 Å². The van der Waals surface area contributed by atoms with Gasteiger partial charge in [-0.2, -0.15) is 0 Å². The molecule has 1 saturated heterocycles. The van der Waals surface area contributed by atoms with Crippen molar-refractivity contribution in [3.05, 3.63) is 28.2 Å². The number of hydrogen-bond donors (Lipinski definition) is 1. The summed E-state index contributed by atoms with van der Waals surface area (Å²) < 4.78 is 6.50. The molecule has 0 spiro atoms. The summed E-state index contributed by atoms with van der Waals surface area (Å²) in [7, 11) is 0. The zero-order valence-corrected chi connectivity index (χ0v) is 12.5. The number of carbonyl (C=O) groups excluding carboxylic acids is 1. The maximum atomic E-state index is 12.0. The fourth-order valence-electron chi connectivity index (χ4n) is 2.27. The van der Waals surface area contributed by atoms with Crippen LogP contribution in [-0.2, 0) is 9.53 Å². The zero-order chi connectivity index (χ0) is 13.8. The molecule has 0 radical (unpaired) electrons. The van der Waals surface area contributed by atoms with E-state index in [1.165, 1.54) is 0 Å². The molecule has 0 bridgehead atoms. The van der Waals surface area contributed by atoms with Crippen LogP contribution in [0.4, 0.5) is 5.69 Å². The molecule has 1 aromatic rings. The molecule has 1 aromatic carbocycles. The number of halogens is 1. The molecule has 4 nitrogen and oxygen atoms in total. The lowest BCUT2D eigenvalue weighted by atomic mass is 10.1. The smallest absolute Gasteiger partial charge is 0.253 e. The molecule has 0 aliphatic carbocycles. The number of aliphatic hydroxyl groups excluding tert-OH is 1. The van der Waals surface area contributed by atoms with E-state index in [4.69, 9.17) is 9.84 Å². The first-order chi connectivity index (χ1) is 9.11. The number of nitrogens with zero attached hydrogens (tertiary/aromatic N) is 1. The Hall–Kier alpha value is -0.910. The average molecular weight is 328 g/mol. The van der Waals surface area contributed by atoms with Crippen molar-refractivity contribution in [1.29, 1.82) is 0 Å². The normalized spacial score (nSPS) is 19.8. The molecule has 1 heterocycles. The van der Waals surface area contributed by atoms with Gasteiger partial charge < -0.3 is 14.7 Å². The fourth-order valence-corrected chi connectivity index (χ4v) is 2.75. The van der Waals surface area contributed by atoms with Gasteiger partial charge in [0.15, 0.2) is 0 Å². The minimum Gasteiger partial charge on any atom is -0.396 e. The summed E-state index contributed by atoms with van der Waals surface area (Å²) in [6.45, 7) is 2.82. The highest BCUT2D eigenvalue weighted by molar-refractivity contribution is 9.10. The average Bonchev–Trinajstić information content (AvgIpc) is 2.38. The lowest BCUT2D eigenvalue weighted by Crippen LogP contribution is -2.47. The van der Waals surface area contributed by atoms with Crippen LogP contribution in [0, 0.1) is 6.92 Å². The molecular formula is C14H18BrNO3. The van der Waals surface area contributed by atoms with Gasteiger partial charge in [0.05, 0.1) is 12.6 Å². The van der Waals surface area contributed by atoms with Crippen LogP contribution in [0.1, 0.15) is 18.4 Å². The monoisotopic (exact) mass is 327 g/mol. The number of anilines is 1. The number of ether oxygens (including phenoxy) is 1. The Kier molecular flexibility index (Phi) is 4.96. The Morgan fingerprint density at radius 1 is 1.53 bits per heavy atom. The van der Waals surface area contributed by atoms with Crippen molar-refractivity contribution in [2.24, 2.45) is 0 Å². The summed E-state index contributed by atoms with van der Waals surface area (Å²) in [5.74, 6) is -0.00864. The van der Waals surface area contributed by atoms with Crippen molar-refractivity contribution >= 4 is 27.5 Å². The third-order valence-corrected chi connectivity index (χ3v) is 3.76. The lowest BCUT2D eigenvalue weighted by Gasteiger charge is -2.33. The van der Waals surface area contributed by atoms with Crippen LogP contribution < -0.4 is 4.90 Å². The Bertz CT molecular complexity index is 464. The topological polar surface area (TPSA) is 49.8 Å². The van der Waals surface area contributed by atoms with E-state index in [9.17, 15) is 4.79 Å². The molecule has 19 heavy (non-hydrogen) atoms. The van der Waals surface area contributed by atoms with Crippen molar-refractivity contribution in [2.45, 2.75) is 25.9 Å². The van der Waals surface area contributed by atoms with E-state index >= 15 is 0 Å². The number of benzene rings is 1. The second-order valence-electron chi connectivity index (χ2n) is 4.73. The van der Waals surface area contributed by atoms with Crippen LogP contribution >= 0.6 is 15.9 Å². The first-order valence-corrected chi connectivity index (χ1v) is 7.20. The molecular weight excluding hydrogens is 310 g/mol. The standard InChI is InChI=1S/C14H18BrNO3/c1-10-7-11(15)4-5-13(10)16-8-12(3-2-6-17)19-9-14(16)18/h4-5,7,12,17H,2-3,6,8-9H2,1H3. The second kappa shape index (κ2) is 6.50. The van der Waals surface area contributed by atoms with Gasteiger partial charge in [-0.1, -0.05) is 15.9 Å². The number of aryl methyl sites for hydroxylation is 1. The summed E-state index contributed by atoms with van der Waals surface area (Å²) in [6, 6.07) is 5.89. The predicted molar refractivity (Wildman–Crippen MR) is 77.3 cm³/mol. The number of rotatable bonds is 4. The molecule has 1 atom stereocenters. The highest BCUT2D eigenvalue weighted by Crippen LogP contribution is 2.26. The fraction of sp³-hybridized carbons (Fsp3) is 0.500. The molecule has 1 unspecified atom stereocenters. The van der Waals surface area contributed by atoms with Gasteiger partial charge in [0.2, 0.25) is 0 Å². The van der Waals surface area contributed by atoms with Crippen LogP contribution in [0.5, 0.6) is 0 Å². The van der Waals surface area contributed by atoms with E-state index in [2.05, 4.69) is 15.9 Å². The number of amides is 1. The molecule has 1 aliphatic heterocycles. The molecule has 104 valence electrons. The van der Waals surface area contributed by atoms with Crippen molar-refractivity contribution < 1.29 is 14.6 Å². The minimum absolute atomic E-state index is 0.00731. The van der Waals surface area contributed by atoms with E-state index in [0.717, 1.165) is 22.1 Å². The van der Waals surface area contributed by atoms with Gasteiger partial charge in [-0.05, 0) is 43.5 Å². The van der Waals surface area contributed by atoms with Gasteiger partial charge >= 0.3 is 0 Å². The van der Waals surface area contributed by atoms with Gasteiger partial charge in [-0.25, -0.2) is 0 Å². The van der Waals surface area contributed by atoms with Gasteiger partial charge in [-0.3, -0.25) is 4.79 Å². The molecule has 1 amide bonds. The quantitative estimate of drug-likeness (QED) is 0.922. The van der Waals surface area contributed by atoms with Crippen molar-refractivity contribution in [1.82, 2.24) is 0 Å². The third-order valence-electron chi connectivity index (χ3n) is 3.26. The minimum atomic E-state index is -0.00864. The maximum absolute atomic E-state index is 12.0. The van der Waals surface area contributed by atoms with Crippen molar-refractivity contribution in [2.75, 3.05) is 24.7 Å². The second-order valence-corrected chi connectivity index (χ2v) is 5.65. The SMILES string of the molecule is Cc1cc(Br)ccc1N1CC(CCCO)OCC1=O. The Balaban J connectivity index is 2.14. The molecule has 1 N–H and O–H groups in total. The first-order valence-electron chi connectivity index (χ1n) is 6.41. The van der Waals surface area contributed by atoms with Crippen molar-refractivity contribution in [3.8, 4) is 0 Å². The van der Waals surface area contributed by atoms with Crippen LogP contribution in [-0.4, -0.2) is 36.9 Å². The summed E-state index contributed by atoms with van der Waals surface area (Å²) >= 11 is 3.43. The summed E-state index contributed by atoms with van der Waals surface area (Å²) in [5, 5.41) is 8.87. The van der Waals surface area contributed by atoms with E-state index in [1.807, 2.05) is 25.1 Å². The van der Waals surface area contributed by atoms with Gasteiger partial charge in [0, 0.05) is 16.8 Å². The largest absolute Gasteiger partial charge is 0.396 e. The van der Waals surface area contributed by atoms with Gasteiger partial charge in [-0.15, -0.1) is 0 Å². The Labute approximate surface area is 121 Å². The van der Waals surface area contributed by atoms with Crippen LogP contribution in [0.3, 0.4) is 0 Å². The highest BCUT2D eigenvalue weighted by Gasteiger charge is 2.27. The van der Waals surface area contributed by atoms with E-state index in [-0.39, 0.29) is 25.2 Å². The molecule has 0 aromatic heterocycles. The number of aliphatic hydroxyl groups is 1. The number of carbonyl (C=O) groups is 1. The summed E-state index contributed by atoms with van der Waals surface area (Å²) in [5.41, 5.74) is 2.00. The molecule has 0 saturated carbocycles. The summed E-state index contributed by atoms with van der Waals surface area (Å²) in [6.07, 6.45) is 1.48. The molecule has 1 aliphatic rings. The first kappa shape index (κ1) is 14.5. The van der Waals surface area contributed by atoms with E-state index in [0.29, 0.717) is 13.0 Å². The zero-order valence-electron chi connectivity index (χ0n) is 10.9. The summed E-state index contributed by atoms with van der Waals surface area (Å²) in [4.78, 5) is 13.8. The molecule has 5 heteroatoms. The van der Waals surface area contributed by atoms with Crippen LogP contribution in [0.15, 0.2) is 22.7 Å².